The van der Waals surface area contributed by atoms with Gasteiger partial charge in [-0.25, -0.2) is 9.38 Å². The first kappa shape index (κ1) is 23.2. The average molecular weight is 492 g/mol. The Labute approximate surface area is 217 Å². The lowest BCUT2D eigenvalue weighted by atomic mass is 10.0. The van der Waals surface area contributed by atoms with E-state index in [2.05, 4.69) is 89.0 Å². The SMILES string of the molecule is C=C1c2c(nn(Cc3ccc(-c4ccccc4)cc3)c2Cc2ccccc2)N2C[C@](F)(CC)N=C2N1C. The van der Waals surface area contributed by atoms with Crippen molar-refractivity contribution in [3.63, 3.8) is 0 Å². The fourth-order valence-electron chi connectivity index (χ4n) is 5.17. The summed E-state index contributed by atoms with van der Waals surface area (Å²) in [6.07, 6.45) is 1.01. The Morgan fingerprint density at radius 2 is 1.54 bits per heavy atom. The van der Waals surface area contributed by atoms with Gasteiger partial charge in [0.2, 0.25) is 11.8 Å². The van der Waals surface area contributed by atoms with Crippen molar-refractivity contribution < 1.29 is 4.39 Å². The highest BCUT2D eigenvalue weighted by molar-refractivity contribution is 6.07. The molecular formula is C31H30FN5. The van der Waals surface area contributed by atoms with E-state index in [9.17, 15) is 0 Å². The van der Waals surface area contributed by atoms with Crippen LogP contribution >= 0.6 is 0 Å². The second-order valence-corrected chi connectivity index (χ2v) is 9.80. The third-order valence-electron chi connectivity index (χ3n) is 7.38. The minimum atomic E-state index is -1.62. The highest BCUT2D eigenvalue weighted by atomic mass is 19.1. The molecule has 1 aromatic heterocycles. The molecule has 186 valence electrons. The van der Waals surface area contributed by atoms with Gasteiger partial charge in [-0.2, -0.15) is 5.10 Å². The van der Waals surface area contributed by atoms with E-state index in [4.69, 9.17) is 5.10 Å². The number of halogens is 1. The second-order valence-electron chi connectivity index (χ2n) is 9.80. The van der Waals surface area contributed by atoms with Gasteiger partial charge in [-0.15, -0.1) is 0 Å². The van der Waals surface area contributed by atoms with Gasteiger partial charge in [0, 0.05) is 25.6 Å². The van der Waals surface area contributed by atoms with E-state index < -0.39 is 5.79 Å². The van der Waals surface area contributed by atoms with Crippen molar-refractivity contribution in [2.75, 3.05) is 18.5 Å². The molecular weight excluding hydrogens is 461 g/mol. The van der Waals surface area contributed by atoms with E-state index in [0.29, 0.717) is 25.3 Å². The van der Waals surface area contributed by atoms with Crippen LogP contribution in [-0.4, -0.2) is 40.0 Å². The topological polar surface area (TPSA) is 36.7 Å². The molecule has 4 aromatic rings. The van der Waals surface area contributed by atoms with Crippen LogP contribution in [-0.2, 0) is 13.0 Å². The zero-order chi connectivity index (χ0) is 25.6. The number of aliphatic imine (C=N–C) groups is 1. The summed E-state index contributed by atoms with van der Waals surface area (Å²) in [5.74, 6) is -0.311. The Morgan fingerprint density at radius 1 is 0.892 bits per heavy atom. The number of nitrogens with zero attached hydrogens (tertiary/aromatic N) is 5. The molecule has 2 aliphatic rings. The van der Waals surface area contributed by atoms with Crippen LogP contribution in [0.5, 0.6) is 0 Å². The number of fused-ring (bicyclic) bond motifs is 3. The van der Waals surface area contributed by atoms with Gasteiger partial charge in [0.05, 0.1) is 24.3 Å². The van der Waals surface area contributed by atoms with E-state index in [-0.39, 0.29) is 6.54 Å². The molecule has 0 amide bonds. The molecule has 0 N–H and O–H groups in total. The van der Waals surface area contributed by atoms with Gasteiger partial charge in [0.15, 0.2) is 5.82 Å². The maximum Gasteiger partial charge on any atom is 0.221 e. The van der Waals surface area contributed by atoms with Gasteiger partial charge < -0.3 is 4.90 Å². The molecule has 3 heterocycles. The normalized spacial score (nSPS) is 18.6. The maximum atomic E-state index is 15.4. The molecule has 6 rings (SSSR count). The van der Waals surface area contributed by atoms with E-state index in [0.717, 1.165) is 28.3 Å². The summed E-state index contributed by atoms with van der Waals surface area (Å²) in [5, 5.41) is 5.06. The Hall–Kier alpha value is -4.19. The monoisotopic (exact) mass is 491 g/mol. The Kier molecular flexibility index (Phi) is 5.67. The first-order valence-corrected chi connectivity index (χ1v) is 12.7. The highest BCUT2D eigenvalue weighted by Gasteiger charge is 2.46. The van der Waals surface area contributed by atoms with Crippen LogP contribution in [0.3, 0.4) is 0 Å². The molecule has 37 heavy (non-hydrogen) atoms. The van der Waals surface area contributed by atoms with Gasteiger partial charge in [-0.1, -0.05) is 98.4 Å². The lowest BCUT2D eigenvalue weighted by Gasteiger charge is -2.33. The number of hydrogen-bond donors (Lipinski definition) is 0. The van der Waals surface area contributed by atoms with Crippen molar-refractivity contribution in [2.45, 2.75) is 32.1 Å². The number of anilines is 1. The summed E-state index contributed by atoms with van der Waals surface area (Å²) in [6.45, 7) is 6.98. The first-order valence-electron chi connectivity index (χ1n) is 12.7. The van der Waals surface area contributed by atoms with E-state index in [1.165, 1.54) is 16.7 Å². The first-order chi connectivity index (χ1) is 18.0. The highest BCUT2D eigenvalue weighted by Crippen LogP contribution is 2.42. The lowest BCUT2D eigenvalue weighted by molar-refractivity contribution is 0.191. The fraction of sp³-hybridized carbons (Fsp3) is 0.226. The summed E-state index contributed by atoms with van der Waals surface area (Å²) in [6, 6.07) is 29.4. The average Bonchev–Trinajstić information content (AvgIpc) is 3.47. The van der Waals surface area contributed by atoms with Crippen LogP contribution in [0.2, 0.25) is 0 Å². The standard InChI is InChI=1S/C31H30FN5/c1-4-31(32)21-36-29-28(22(2)35(3)30(36)33-31)27(19-23-11-7-5-8-12-23)37(34-29)20-24-15-17-26(18-16-24)25-13-9-6-10-14-25/h5-18H,2,4,19-21H2,1,3H3/t31-/m0/s1. The van der Waals surface area contributed by atoms with Crippen LogP contribution in [0, 0.1) is 0 Å². The quantitative estimate of drug-likeness (QED) is 0.295. The number of aromatic nitrogens is 2. The Morgan fingerprint density at radius 3 is 2.22 bits per heavy atom. The molecule has 6 heteroatoms. The zero-order valence-corrected chi connectivity index (χ0v) is 21.2. The summed E-state index contributed by atoms with van der Waals surface area (Å²) in [4.78, 5) is 8.24. The zero-order valence-electron chi connectivity index (χ0n) is 21.2. The summed E-state index contributed by atoms with van der Waals surface area (Å²) >= 11 is 0. The largest absolute Gasteiger partial charge is 0.315 e. The molecule has 0 unspecified atom stereocenters. The number of rotatable bonds is 6. The van der Waals surface area contributed by atoms with Crippen LogP contribution in [0.1, 0.15) is 35.7 Å². The molecule has 0 spiro atoms. The Bertz CT molecular complexity index is 1470. The molecule has 0 fully saturated rings. The molecule has 0 radical (unpaired) electrons. The molecule has 0 aliphatic carbocycles. The van der Waals surface area contributed by atoms with Gasteiger partial charge >= 0.3 is 0 Å². The molecule has 1 atom stereocenters. The van der Waals surface area contributed by atoms with E-state index in [1.807, 2.05) is 35.9 Å². The minimum Gasteiger partial charge on any atom is -0.315 e. The molecule has 0 saturated carbocycles. The summed E-state index contributed by atoms with van der Waals surface area (Å²) in [7, 11) is 1.91. The van der Waals surface area contributed by atoms with E-state index in [1.54, 1.807) is 0 Å². The van der Waals surface area contributed by atoms with Crippen LogP contribution in [0.25, 0.3) is 16.8 Å². The third-order valence-corrected chi connectivity index (χ3v) is 7.38. The van der Waals surface area contributed by atoms with Crippen molar-refractivity contribution in [3.05, 3.63) is 114 Å². The fourth-order valence-corrected chi connectivity index (χ4v) is 5.17. The Balaban J connectivity index is 1.41. The van der Waals surface area contributed by atoms with Gasteiger partial charge in [-0.3, -0.25) is 9.58 Å². The van der Waals surface area contributed by atoms with Crippen molar-refractivity contribution in [3.8, 4) is 11.1 Å². The number of hydrogen-bond acceptors (Lipinski definition) is 4. The van der Waals surface area contributed by atoms with E-state index >= 15 is 4.39 Å². The van der Waals surface area contributed by atoms with Crippen molar-refractivity contribution in [1.82, 2.24) is 14.7 Å². The maximum absolute atomic E-state index is 15.4. The number of benzene rings is 3. The van der Waals surface area contributed by atoms with Crippen molar-refractivity contribution in [1.29, 1.82) is 0 Å². The molecule has 5 nitrogen and oxygen atoms in total. The molecule has 0 saturated heterocycles. The summed E-state index contributed by atoms with van der Waals surface area (Å²) < 4.78 is 17.5. The van der Waals surface area contributed by atoms with Gasteiger partial charge in [0.25, 0.3) is 0 Å². The number of guanidine groups is 1. The predicted octanol–water partition coefficient (Wildman–Crippen LogP) is 6.36. The second kappa shape index (κ2) is 9.04. The number of alkyl halides is 1. The van der Waals surface area contributed by atoms with Crippen LogP contribution < -0.4 is 4.90 Å². The van der Waals surface area contributed by atoms with Gasteiger partial charge in [0.1, 0.15) is 0 Å². The van der Waals surface area contributed by atoms with Crippen LogP contribution in [0.4, 0.5) is 10.2 Å². The smallest absolute Gasteiger partial charge is 0.221 e. The molecule has 2 aliphatic heterocycles. The third kappa shape index (κ3) is 4.12. The predicted molar refractivity (Wildman–Crippen MR) is 148 cm³/mol. The minimum absolute atomic E-state index is 0.164. The lowest BCUT2D eigenvalue weighted by Crippen LogP contribution is -2.44. The van der Waals surface area contributed by atoms with Gasteiger partial charge in [-0.05, 0) is 22.3 Å². The molecule has 0 bridgehead atoms. The summed E-state index contributed by atoms with van der Waals surface area (Å²) in [5.41, 5.74) is 7.54. The van der Waals surface area contributed by atoms with Crippen LogP contribution in [0.15, 0.2) is 96.5 Å². The van der Waals surface area contributed by atoms with Crippen molar-refractivity contribution in [2.24, 2.45) is 4.99 Å². The van der Waals surface area contributed by atoms with Crippen molar-refractivity contribution >= 4 is 17.5 Å². The molecule has 3 aromatic carbocycles.